The van der Waals surface area contributed by atoms with Crippen molar-refractivity contribution < 1.29 is 9.53 Å². The van der Waals surface area contributed by atoms with E-state index >= 15 is 0 Å². The van der Waals surface area contributed by atoms with Gasteiger partial charge in [0.05, 0.1) is 10.7 Å². The fourth-order valence-electron chi connectivity index (χ4n) is 2.40. The fraction of sp³-hybridized carbons (Fsp3) is 0.733. The molecule has 1 aromatic heterocycles. The van der Waals surface area contributed by atoms with Gasteiger partial charge in [-0.25, -0.2) is 4.79 Å². The summed E-state index contributed by atoms with van der Waals surface area (Å²) in [5.74, 6) is 0. The van der Waals surface area contributed by atoms with E-state index in [2.05, 4.69) is 25.9 Å². The van der Waals surface area contributed by atoms with Crippen LogP contribution in [-0.2, 0) is 11.3 Å². The molecule has 0 bridgehead atoms. The van der Waals surface area contributed by atoms with Gasteiger partial charge in [0.15, 0.2) is 0 Å². The third-order valence-electron chi connectivity index (χ3n) is 3.49. The van der Waals surface area contributed by atoms with Gasteiger partial charge in [0.25, 0.3) is 0 Å². The third-order valence-corrected chi connectivity index (χ3v) is 3.90. The van der Waals surface area contributed by atoms with Gasteiger partial charge in [0.1, 0.15) is 5.60 Å². The summed E-state index contributed by atoms with van der Waals surface area (Å²) in [5, 5.41) is 4.25. The van der Waals surface area contributed by atoms with Gasteiger partial charge in [-0.2, -0.15) is 5.10 Å². The zero-order valence-corrected chi connectivity index (χ0v) is 15.2. The summed E-state index contributed by atoms with van der Waals surface area (Å²) in [6.07, 6.45) is 4.65. The normalized spacial score (nSPS) is 16.8. The van der Waals surface area contributed by atoms with Crippen LogP contribution in [0.5, 0.6) is 0 Å². The van der Waals surface area contributed by atoms with Crippen molar-refractivity contribution in [1.82, 2.24) is 19.6 Å². The smallest absolute Gasteiger partial charge is 0.410 e. The lowest BCUT2D eigenvalue weighted by Gasteiger charge is -2.35. The number of carbonyl (C=O) groups is 1. The number of ether oxygens (including phenoxy) is 1. The Morgan fingerprint density at radius 3 is 2.50 bits per heavy atom. The number of nitrogens with zero attached hydrogens (tertiary/aromatic N) is 4. The molecule has 0 aromatic carbocycles. The van der Waals surface area contributed by atoms with E-state index in [1.807, 2.05) is 31.6 Å². The van der Waals surface area contributed by atoms with Gasteiger partial charge in [-0.3, -0.25) is 9.58 Å². The highest BCUT2D eigenvalue weighted by molar-refractivity contribution is 9.10. The number of rotatable bonds is 4. The largest absolute Gasteiger partial charge is 0.444 e. The molecule has 124 valence electrons. The Hall–Kier alpha value is -1.08. The van der Waals surface area contributed by atoms with Crippen LogP contribution in [0.2, 0.25) is 0 Å². The summed E-state index contributed by atoms with van der Waals surface area (Å²) in [5.41, 5.74) is -0.424. The minimum atomic E-state index is -0.424. The van der Waals surface area contributed by atoms with Crippen LogP contribution in [0.3, 0.4) is 0 Å². The van der Waals surface area contributed by atoms with Crippen LogP contribution in [0, 0.1) is 0 Å². The Bertz CT molecular complexity index is 490. The predicted molar refractivity (Wildman–Crippen MR) is 88.8 cm³/mol. The molecule has 1 amide bonds. The maximum absolute atomic E-state index is 12.0. The zero-order valence-electron chi connectivity index (χ0n) is 13.6. The van der Waals surface area contributed by atoms with Crippen LogP contribution < -0.4 is 0 Å². The van der Waals surface area contributed by atoms with E-state index in [-0.39, 0.29) is 6.09 Å². The molecule has 0 radical (unpaired) electrons. The number of hydrogen-bond acceptors (Lipinski definition) is 4. The molecule has 1 fully saturated rings. The van der Waals surface area contributed by atoms with Crippen molar-refractivity contribution in [3.8, 4) is 0 Å². The Kier molecular flexibility index (Phi) is 5.86. The minimum Gasteiger partial charge on any atom is -0.444 e. The van der Waals surface area contributed by atoms with Crippen molar-refractivity contribution in [2.24, 2.45) is 0 Å². The zero-order chi connectivity index (χ0) is 16.2. The number of carbonyl (C=O) groups excluding carboxylic acids is 1. The molecule has 0 N–H and O–H groups in total. The number of aromatic nitrogens is 2. The summed E-state index contributed by atoms with van der Waals surface area (Å²) in [6, 6.07) is 0. The van der Waals surface area contributed by atoms with E-state index < -0.39 is 5.60 Å². The number of piperazine rings is 1. The molecule has 2 heterocycles. The summed E-state index contributed by atoms with van der Waals surface area (Å²) in [7, 11) is 0. The van der Waals surface area contributed by atoms with Crippen LogP contribution in [0.15, 0.2) is 16.9 Å². The van der Waals surface area contributed by atoms with Crippen LogP contribution in [0.25, 0.3) is 0 Å². The maximum atomic E-state index is 12.0. The predicted octanol–water partition coefficient (Wildman–Crippen LogP) is 2.59. The Balaban J connectivity index is 1.65. The van der Waals surface area contributed by atoms with Gasteiger partial charge in [-0.1, -0.05) is 0 Å². The quantitative estimate of drug-likeness (QED) is 0.814. The van der Waals surface area contributed by atoms with Gasteiger partial charge < -0.3 is 9.64 Å². The Morgan fingerprint density at radius 2 is 1.95 bits per heavy atom. The highest BCUT2D eigenvalue weighted by Crippen LogP contribution is 2.12. The standard InChI is InChI=1S/C15H25BrN4O2/c1-15(2,3)22-14(21)19-9-7-18(8-10-19)5-4-6-20-12-13(16)11-17-20/h11-12H,4-10H2,1-3H3. The molecule has 6 nitrogen and oxygen atoms in total. The van der Waals surface area contributed by atoms with Crippen LogP contribution in [0.1, 0.15) is 27.2 Å². The molecule has 0 spiro atoms. The molecule has 0 aliphatic carbocycles. The van der Waals surface area contributed by atoms with Gasteiger partial charge in [-0.15, -0.1) is 0 Å². The van der Waals surface area contributed by atoms with Crippen molar-refractivity contribution in [1.29, 1.82) is 0 Å². The molecule has 0 unspecified atom stereocenters. The number of halogens is 1. The summed E-state index contributed by atoms with van der Waals surface area (Å²) < 4.78 is 8.36. The van der Waals surface area contributed by atoms with Crippen molar-refractivity contribution in [3.05, 3.63) is 16.9 Å². The summed E-state index contributed by atoms with van der Waals surface area (Å²) in [6.45, 7) is 10.9. The second kappa shape index (κ2) is 7.46. The molecule has 1 saturated heterocycles. The molecule has 1 aliphatic heterocycles. The molecule has 2 rings (SSSR count). The molecular formula is C15H25BrN4O2. The van der Waals surface area contributed by atoms with E-state index in [0.29, 0.717) is 0 Å². The van der Waals surface area contributed by atoms with E-state index in [1.165, 1.54) is 0 Å². The average Bonchev–Trinajstić information content (AvgIpc) is 2.83. The SMILES string of the molecule is CC(C)(C)OC(=O)N1CCN(CCCn2cc(Br)cn2)CC1. The van der Waals surface area contributed by atoms with E-state index in [9.17, 15) is 4.79 Å². The molecular weight excluding hydrogens is 348 g/mol. The third kappa shape index (κ3) is 5.61. The van der Waals surface area contributed by atoms with Crippen LogP contribution >= 0.6 is 15.9 Å². The van der Waals surface area contributed by atoms with Crippen molar-refractivity contribution in [2.75, 3.05) is 32.7 Å². The minimum absolute atomic E-state index is 0.200. The summed E-state index contributed by atoms with van der Waals surface area (Å²) >= 11 is 3.40. The molecule has 7 heteroatoms. The second-order valence-corrected chi connectivity index (χ2v) is 7.50. The highest BCUT2D eigenvalue weighted by atomic mass is 79.9. The van der Waals surface area contributed by atoms with Crippen LogP contribution in [-0.4, -0.2) is 64.0 Å². The highest BCUT2D eigenvalue weighted by Gasteiger charge is 2.25. The van der Waals surface area contributed by atoms with Crippen LogP contribution in [0.4, 0.5) is 4.79 Å². The van der Waals surface area contributed by atoms with Crippen molar-refractivity contribution in [3.63, 3.8) is 0 Å². The van der Waals surface area contributed by atoms with Gasteiger partial charge in [0.2, 0.25) is 0 Å². The van der Waals surface area contributed by atoms with E-state index in [1.54, 1.807) is 11.1 Å². The fourth-order valence-corrected chi connectivity index (χ4v) is 2.73. The maximum Gasteiger partial charge on any atom is 0.410 e. The number of amides is 1. The topological polar surface area (TPSA) is 50.6 Å². The number of hydrogen-bond donors (Lipinski definition) is 0. The lowest BCUT2D eigenvalue weighted by atomic mass is 10.2. The molecule has 1 aliphatic rings. The number of aryl methyl sites for hydroxylation is 1. The van der Waals surface area contributed by atoms with E-state index in [0.717, 1.165) is 50.2 Å². The molecule has 0 saturated carbocycles. The van der Waals surface area contributed by atoms with Crippen molar-refractivity contribution >= 4 is 22.0 Å². The lowest BCUT2D eigenvalue weighted by molar-refractivity contribution is 0.0144. The lowest BCUT2D eigenvalue weighted by Crippen LogP contribution is -2.50. The van der Waals surface area contributed by atoms with Gasteiger partial charge >= 0.3 is 6.09 Å². The first-order chi connectivity index (χ1) is 10.3. The molecule has 1 aromatic rings. The summed E-state index contributed by atoms with van der Waals surface area (Å²) in [4.78, 5) is 16.2. The average molecular weight is 373 g/mol. The van der Waals surface area contributed by atoms with Gasteiger partial charge in [0, 0.05) is 45.5 Å². The first-order valence-corrected chi connectivity index (χ1v) is 8.51. The Labute approximate surface area is 140 Å². The first-order valence-electron chi connectivity index (χ1n) is 7.72. The van der Waals surface area contributed by atoms with Gasteiger partial charge in [-0.05, 0) is 43.1 Å². The Morgan fingerprint density at radius 1 is 1.27 bits per heavy atom. The second-order valence-electron chi connectivity index (χ2n) is 6.58. The first kappa shape index (κ1) is 17.3. The van der Waals surface area contributed by atoms with E-state index in [4.69, 9.17) is 4.74 Å². The van der Waals surface area contributed by atoms with Crippen molar-refractivity contribution in [2.45, 2.75) is 39.3 Å². The molecule has 0 atom stereocenters. The monoisotopic (exact) mass is 372 g/mol. The molecule has 22 heavy (non-hydrogen) atoms.